The van der Waals surface area contributed by atoms with Gasteiger partial charge in [0.05, 0.1) is 33.9 Å². The fraction of sp³-hybridized carbons (Fsp3) is 0.0794. The van der Waals surface area contributed by atoms with Gasteiger partial charge in [-0.15, -0.1) is 244 Å². The average molecular weight is 2960 g/mol. The number of allylic oxidation sites excluding steroid dienone is 2. The molecular formula is C126H97Ir6N11O2-6. The topological polar surface area (TPSA) is 152 Å². The Labute approximate surface area is 939 Å². The van der Waals surface area contributed by atoms with E-state index in [0.29, 0.717) is 0 Å². The maximum absolute atomic E-state index is 10.0. The van der Waals surface area contributed by atoms with Crippen LogP contribution in [0.3, 0.4) is 0 Å². The number of aryl methyl sites for hydroxylation is 4. The number of nitrogens with zero attached hydrogens (tertiary/aromatic N) is 11. The van der Waals surface area contributed by atoms with Gasteiger partial charge in [-0.3, -0.25) is 14.8 Å². The normalized spacial score (nSPS) is 12.7. The number of aliphatic hydroxyl groups excluding tert-OH is 1. The van der Waals surface area contributed by atoms with Gasteiger partial charge in [0.15, 0.2) is 23.2 Å². The van der Waals surface area contributed by atoms with Crippen molar-refractivity contribution in [1.29, 1.82) is 0 Å². The number of imidazole rings is 2. The van der Waals surface area contributed by atoms with E-state index in [0.717, 1.165) is 95.9 Å². The van der Waals surface area contributed by atoms with Crippen molar-refractivity contribution in [2.75, 3.05) is 0 Å². The van der Waals surface area contributed by atoms with Gasteiger partial charge in [0.1, 0.15) is 5.22 Å². The van der Waals surface area contributed by atoms with Crippen molar-refractivity contribution in [2.45, 2.75) is 66.8 Å². The van der Waals surface area contributed by atoms with Crippen molar-refractivity contribution >= 4 is 71.3 Å². The number of pyridine rings is 4. The van der Waals surface area contributed by atoms with Crippen molar-refractivity contribution < 1.29 is 146 Å². The second-order valence-corrected chi connectivity index (χ2v) is 33.7. The van der Waals surface area contributed by atoms with Crippen LogP contribution in [-0.4, -0.2) is 60.3 Å². The molecule has 13 nitrogen and oxygen atoms in total. The summed E-state index contributed by atoms with van der Waals surface area (Å²) in [7, 11) is 0. The molecule has 1 unspecified atom stereocenters. The van der Waals surface area contributed by atoms with E-state index in [9.17, 15) is 4.79 Å². The molecule has 0 amide bonds. The first-order valence-electron chi connectivity index (χ1n) is 49.5. The molecule has 728 valence electrons. The molecule has 19 heteroatoms. The quantitative estimate of drug-likeness (QED) is 0.0649. The monoisotopic (exact) mass is 2960 g/mol. The molecule has 7 heterocycles. The predicted molar refractivity (Wildman–Crippen MR) is 564 cm³/mol. The molecule has 16 aromatic carbocycles. The van der Waals surface area contributed by atoms with E-state index >= 15 is 0 Å². The molecular weight excluding hydrogens is 2850 g/mol. The Balaban J connectivity index is 0.000000156. The summed E-state index contributed by atoms with van der Waals surface area (Å²) in [5, 5.41) is 27.4. The number of carbonyl (C=O) groups excluding carboxylic acids is 1. The Kier molecular flexibility index (Phi) is 35.5. The molecule has 6 aromatic heterocycles. The number of rotatable bonds is 9. The number of aliphatic hydroxyl groups is 1. The van der Waals surface area contributed by atoms with Gasteiger partial charge in [-0.1, -0.05) is 224 Å². The van der Waals surface area contributed by atoms with Gasteiger partial charge in [-0.25, -0.2) is 0 Å². The molecule has 1 aliphatic heterocycles. The van der Waals surface area contributed by atoms with Crippen molar-refractivity contribution in [3.63, 3.8) is 0 Å². The molecule has 145 heavy (non-hydrogen) atoms. The van der Waals surface area contributed by atoms with E-state index in [1.165, 1.54) is 113 Å². The van der Waals surface area contributed by atoms with Crippen molar-refractivity contribution in [1.82, 2.24) is 39.0 Å². The number of para-hydroxylation sites is 3. The van der Waals surface area contributed by atoms with Crippen LogP contribution in [0.15, 0.2) is 447 Å². The zero-order valence-corrected chi connectivity index (χ0v) is 94.1. The summed E-state index contributed by atoms with van der Waals surface area (Å²) >= 11 is 0. The largest absolute Gasteiger partial charge is 0.512 e. The summed E-state index contributed by atoms with van der Waals surface area (Å²) in [6.45, 7) is 15.9. The van der Waals surface area contributed by atoms with Gasteiger partial charge in [-0.05, 0) is 175 Å². The molecule has 0 bridgehead atoms. The fourth-order valence-electron chi connectivity index (χ4n) is 17.5. The van der Waals surface area contributed by atoms with E-state index in [1.807, 2.05) is 177 Å². The van der Waals surface area contributed by atoms with Gasteiger partial charge in [0, 0.05) is 194 Å². The van der Waals surface area contributed by atoms with Crippen LogP contribution in [0.4, 0.5) is 5.69 Å². The Morgan fingerprint density at radius 3 is 1.63 bits per heavy atom. The minimum absolute atomic E-state index is 0. The minimum atomic E-state index is -0.526. The fourth-order valence-corrected chi connectivity index (χ4v) is 17.5. The average Bonchev–Trinajstić information content (AvgIpc) is 1.42. The number of aromatic nitrogens is 8. The van der Waals surface area contributed by atoms with E-state index in [-0.39, 0.29) is 155 Å². The smallest absolute Gasteiger partial charge is 0.184 e. The summed E-state index contributed by atoms with van der Waals surface area (Å²) in [5.41, 5.74) is 26.6. The summed E-state index contributed by atoms with van der Waals surface area (Å²) in [6, 6.07) is 137. The third-order valence-electron chi connectivity index (χ3n) is 23.8. The third-order valence-corrected chi connectivity index (χ3v) is 23.8. The summed E-state index contributed by atoms with van der Waals surface area (Å²) in [4.78, 5) is 36.5. The van der Waals surface area contributed by atoms with Crippen LogP contribution < -0.4 is 0 Å². The molecule has 1 N–H and O–H groups in total. The van der Waals surface area contributed by atoms with Gasteiger partial charge in [0.25, 0.3) is 0 Å². The van der Waals surface area contributed by atoms with Gasteiger partial charge in [-0.2, -0.15) is 0 Å². The molecule has 0 saturated carbocycles. The second-order valence-electron chi connectivity index (χ2n) is 33.7. The second kappa shape index (κ2) is 52.1. The van der Waals surface area contributed by atoms with Crippen LogP contribution in [0.5, 0.6) is 0 Å². The van der Waals surface area contributed by atoms with Gasteiger partial charge < -0.3 is 34.2 Å². The first kappa shape index (κ1) is 98.6. The molecule has 6 radical (unpaired) electrons. The summed E-state index contributed by atoms with van der Waals surface area (Å²) < 4.78 is 66.8. The molecule has 0 fully saturated rings. The Morgan fingerprint density at radius 2 is 0.979 bits per heavy atom. The van der Waals surface area contributed by atoms with Crippen LogP contribution in [0.2, 0.25) is 0 Å². The molecule has 25 rings (SSSR count). The molecule has 0 spiro atoms. The molecule has 3 aliphatic rings. The molecule has 22 aromatic rings. The van der Waals surface area contributed by atoms with Crippen LogP contribution in [0.1, 0.15) is 89.2 Å². The van der Waals surface area contributed by atoms with Gasteiger partial charge >= 0.3 is 0 Å². The zero-order valence-electron chi connectivity index (χ0n) is 87.7. The number of fused-ring (bicyclic) bond motifs is 12. The van der Waals surface area contributed by atoms with Crippen LogP contribution in [0, 0.1) is 70.2 Å². The van der Waals surface area contributed by atoms with Crippen molar-refractivity contribution in [2.24, 2.45) is 10.3 Å². The standard InChI is InChI=1S/C23H19N3.C23H15N2.C19H13N2.C18H14N.C15H10N.C12H10N.C11H8N.C5H8O2.6Ir/c1-14-11-12-19-20(13-14)17-9-4-5-10-18(17)21-23(19)26(25-24-21)22-15(2)7-6-8-16(22)3;1-2-10-18(11-3-1)23-24-20-14-6-7-15-22(20)25(23)21-16-8-12-17-9-4-5-13-19(17)21;1-2-8-16(9-3-1)19-20-13-14-21(19)18-12-6-10-15-7-4-5-11-17(15)18;1-18(2)14-8-4-3-7-13(14)17-16-12(10-11-19-17)6-5-9-15(16)18;1-2-7-13(8-3-1)15-14-9-5-4-6-12(14)10-11-16-15;1-10-7-8-12(13-9-10)11-5-3-2-4-6-11;1-2-6-10(7-3-1)11-8-4-5-9-12-11;1-4(6)3-5(2)7;;;;;;/h4-9,11-13,23H,1-3H3;1-10,12-16H;1-8,10-14H;3-6,8-11H,1-2H3;1-7,9-11H;2-5,7-9H,1H3;1-6,8-9H;3,6H,1-2H3;;;;;;/q;6*-1;;;;;;;/i;;;;;;1D,2D,3D,4D,5D,6D,8D,9D;;;;;;;. The van der Waals surface area contributed by atoms with E-state index in [4.69, 9.17) is 21.1 Å². The molecule has 0 saturated heterocycles. The van der Waals surface area contributed by atoms with Crippen LogP contribution in [-0.2, 0) is 131 Å². The third kappa shape index (κ3) is 25.4. The van der Waals surface area contributed by atoms with Crippen molar-refractivity contribution in [3.05, 3.63) is 524 Å². The minimum Gasteiger partial charge on any atom is -0.512 e. The van der Waals surface area contributed by atoms with E-state index in [1.54, 1.807) is 0 Å². The van der Waals surface area contributed by atoms with Crippen LogP contribution in [0.25, 0.3) is 144 Å². The number of ketones is 1. The first-order chi connectivity index (χ1) is 71.4. The molecule has 1 atom stereocenters. The number of hydrogen-bond acceptors (Lipinski definition) is 10. The Bertz CT molecular complexity index is 8670. The Hall–Kier alpha value is -13.8. The maximum Gasteiger partial charge on any atom is 0.184 e. The van der Waals surface area contributed by atoms with E-state index in [2.05, 4.69) is 332 Å². The Morgan fingerprint density at radius 1 is 0.434 bits per heavy atom. The van der Waals surface area contributed by atoms with Crippen LogP contribution >= 0.6 is 0 Å². The number of carbonyl (C=O) groups is 1. The predicted octanol–water partition coefficient (Wildman–Crippen LogP) is 30.3. The van der Waals surface area contributed by atoms with Gasteiger partial charge in [0.2, 0.25) is 0 Å². The molecule has 2 aliphatic carbocycles. The number of hydrogen-bond donors (Lipinski definition) is 1. The first-order valence-corrected chi connectivity index (χ1v) is 45.5. The van der Waals surface area contributed by atoms with E-state index < -0.39 is 48.5 Å². The maximum atomic E-state index is 10.0. The number of benzene rings is 16. The SMILES string of the molecule is CC(=O)C=C(C)O.CC1(C)c2ccc[c-]c2-c2nccc3cccc1c23.Cc1ccc(-c2[c-]cccc2)nc1.Cc1ccc2c(c1)-c1ccc[c-]c1C1=NN=[N+](c3c(C)cccc3C)C12.[2H]c1[c-]c(-c2nc([2H])c([2H])c([2H])c2[2H])c([2H])c([2H])c1[2H].[Ir].[Ir].[Ir].[Ir].[Ir].[Ir].[c-]1ccccc1-c1nc2ccccc2n1-c1cccc2ccccc12.[c-]1ccccc1-c1nccc2ccccc12.[c-]1ccccc1-c1nccn1-c1cccc2ccccc12. The zero-order chi connectivity index (χ0) is 103. The van der Waals surface area contributed by atoms with Crippen molar-refractivity contribution in [3.8, 4) is 90.3 Å². The summed E-state index contributed by atoms with van der Waals surface area (Å²) in [5.74, 6) is 1.76. The summed E-state index contributed by atoms with van der Waals surface area (Å²) in [6.07, 6.45) is 10.1.